The van der Waals surface area contributed by atoms with Crippen molar-refractivity contribution in [3.05, 3.63) is 54.2 Å². The number of pyridine rings is 1. The number of hydrogen-bond donors (Lipinski definition) is 2. The third-order valence-corrected chi connectivity index (χ3v) is 4.33. The zero-order valence-electron chi connectivity index (χ0n) is 11.9. The maximum atomic E-state index is 11.2. The topological polar surface area (TPSA) is 86.3 Å². The van der Waals surface area contributed by atoms with Crippen LogP contribution < -0.4 is 15.4 Å². The number of H-pyrrole nitrogens is 1. The molecule has 0 radical (unpaired) electrons. The van der Waals surface area contributed by atoms with Crippen LogP contribution in [0.2, 0.25) is 0 Å². The molecule has 0 saturated carbocycles. The summed E-state index contributed by atoms with van der Waals surface area (Å²) in [6, 6.07) is 13.5. The van der Waals surface area contributed by atoms with Crippen LogP contribution in [0.5, 0.6) is 0 Å². The first-order chi connectivity index (χ1) is 10.0. The molecule has 21 heavy (non-hydrogen) atoms. The maximum absolute atomic E-state index is 11.2. The van der Waals surface area contributed by atoms with Gasteiger partial charge in [0.2, 0.25) is 10.0 Å². The Hall–Kier alpha value is -1.92. The molecule has 0 saturated heterocycles. The molecule has 1 atom stereocenters. The van der Waals surface area contributed by atoms with E-state index in [2.05, 4.69) is 29.4 Å². The molecule has 5 nitrogen and oxygen atoms in total. The van der Waals surface area contributed by atoms with Gasteiger partial charge in [-0.05, 0) is 18.1 Å². The van der Waals surface area contributed by atoms with Crippen molar-refractivity contribution in [3.8, 4) is 0 Å². The first-order valence-electron chi connectivity index (χ1n) is 6.84. The Kier molecular flexibility index (Phi) is 4.93. The molecular weight excluding hydrogens is 286 g/mol. The number of rotatable bonds is 6. The van der Waals surface area contributed by atoms with Crippen LogP contribution in [0.4, 0.5) is 5.82 Å². The number of primary sulfonamides is 1. The molecule has 1 heterocycles. The van der Waals surface area contributed by atoms with Gasteiger partial charge >= 0.3 is 0 Å². The Labute approximate surface area is 125 Å². The Bertz CT molecular complexity index is 670. The zero-order chi connectivity index (χ0) is 15.3. The van der Waals surface area contributed by atoms with Crippen molar-refractivity contribution in [2.75, 3.05) is 11.9 Å². The summed E-state index contributed by atoms with van der Waals surface area (Å²) >= 11 is 0. The summed E-state index contributed by atoms with van der Waals surface area (Å²) in [6.07, 6.45) is 2.41. The molecule has 112 valence electrons. The first kappa shape index (κ1) is 15.5. The van der Waals surface area contributed by atoms with Gasteiger partial charge in [0.25, 0.3) is 5.82 Å². The van der Waals surface area contributed by atoms with Crippen LogP contribution in [0.25, 0.3) is 0 Å². The number of sulfonamides is 1. The highest BCUT2D eigenvalue weighted by atomic mass is 32.2. The smallest absolute Gasteiger partial charge is 0.272 e. The lowest BCUT2D eigenvalue weighted by Crippen LogP contribution is -2.20. The number of aromatic nitrogens is 1. The molecule has 1 aromatic heterocycles. The minimum absolute atomic E-state index is 0.0724. The van der Waals surface area contributed by atoms with Crippen molar-refractivity contribution in [2.45, 2.75) is 24.2 Å². The summed E-state index contributed by atoms with van der Waals surface area (Å²) in [5.74, 6) is 1.16. The average molecular weight is 306 g/mol. The van der Waals surface area contributed by atoms with E-state index in [9.17, 15) is 8.42 Å². The highest BCUT2D eigenvalue weighted by Gasteiger charge is 2.14. The lowest BCUT2D eigenvalue weighted by molar-refractivity contribution is -0.364. The number of anilines is 1. The second kappa shape index (κ2) is 6.69. The average Bonchev–Trinajstić information content (AvgIpc) is 2.48. The Morgan fingerprint density at radius 1 is 1.19 bits per heavy atom. The van der Waals surface area contributed by atoms with Gasteiger partial charge in [-0.15, -0.1) is 0 Å². The number of aromatic amines is 1. The van der Waals surface area contributed by atoms with Gasteiger partial charge in [0.1, 0.15) is 11.1 Å². The molecule has 2 rings (SSSR count). The molecule has 0 unspecified atom stereocenters. The molecule has 0 bridgehead atoms. The van der Waals surface area contributed by atoms with E-state index in [0.29, 0.717) is 5.92 Å². The third-order valence-electron chi connectivity index (χ3n) is 3.42. The molecule has 0 fully saturated rings. The summed E-state index contributed by atoms with van der Waals surface area (Å²) in [7, 11) is -3.66. The Morgan fingerprint density at radius 3 is 2.43 bits per heavy atom. The van der Waals surface area contributed by atoms with Gasteiger partial charge in [0.15, 0.2) is 0 Å². The van der Waals surface area contributed by atoms with Gasteiger partial charge < -0.3 is 0 Å². The standard InChI is InChI=1S/C15H19N3O2S/c1-2-12(13-6-4-3-5-7-13)10-17-15-9-8-14(11-18-15)21(16,19)20/h3-9,11-12H,2,10H2,1H3,(H,17,18)(H2,16,19,20)/p+1/t12-/m1/s1. The zero-order valence-corrected chi connectivity index (χ0v) is 12.7. The number of nitrogens with one attached hydrogen (secondary N) is 2. The lowest BCUT2D eigenvalue weighted by atomic mass is 9.96. The van der Waals surface area contributed by atoms with Crippen LogP contribution in [0.1, 0.15) is 24.8 Å². The van der Waals surface area contributed by atoms with E-state index in [1.54, 1.807) is 6.07 Å². The minimum Gasteiger partial charge on any atom is -0.274 e. The fourth-order valence-corrected chi connectivity index (χ4v) is 2.63. The predicted octanol–water partition coefficient (Wildman–Crippen LogP) is 1.75. The van der Waals surface area contributed by atoms with Crippen LogP contribution in [0.3, 0.4) is 0 Å². The SMILES string of the molecule is CC[C@H](CNc1ccc(S(N)(=O)=O)c[nH+]1)c1ccccc1. The summed E-state index contributed by atoms with van der Waals surface area (Å²) in [5.41, 5.74) is 1.29. The molecule has 0 aliphatic rings. The van der Waals surface area contributed by atoms with Crippen molar-refractivity contribution in [1.29, 1.82) is 0 Å². The maximum Gasteiger partial charge on any atom is 0.272 e. The summed E-state index contributed by atoms with van der Waals surface area (Å²) in [4.78, 5) is 2.98. The fraction of sp³-hybridized carbons (Fsp3) is 0.267. The van der Waals surface area contributed by atoms with E-state index in [-0.39, 0.29) is 4.90 Å². The Balaban J connectivity index is 2.02. The van der Waals surface area contributed by atoms with E-state index in [1.165, 1.54) is 17.8 Å². The van der Waals surface area contributed by atoms with Crippen molar-refractivity contribution < 1.29 is 13.4 Å². The largest absolute Gasteiger partial charge is 0.274 e. The number of benzene rings is 1. The van der Waals surface area contributed by atoms with Gasteiger partial charge in [-0.3, -0.25) is 5.32 Å². The van der Waals surface area contributed by atoms with E-state index < -0.39 is 10.0 Å². The normalized spacial score (nSPS) is 12.9. The molecule has 4 N–H and O–H groups in total. The van der Waals surface area contributed by atoms with E-state index in [1.807, 2.05) is 18.2 Å². The highest BCUT2D eigenvalue weighted by Crippen LogP contribution is 2.19. The van der Waals surface area contributed by atoms with Crippen LogP contribution >= 0.6 is 0 Å². The highest BCUT2D eigenvalue weighted by molar-refractivity contribution is 7.89. The molecule has 0 amide bonds. The quantitative estimate of drug-likeness (QED) is 0.852. The molecule has 0 aliphatic heterocycles. The van der Waals surface area contributed by atoms with Gasteiger partial charge in [0.05, 0.1) is 6.54 Å². The van der Waals surface area contributed by atoms with E-state index in [0.717, 1.165) is 18.8 Å². The van der Waals surface area contributed by atoms with Crippen LogP contribution in [-0.2, 0) is 10.0 Å². The van der Waals surface area contributed by atoms with Crippen LogP contribution in [0.15, 0.2) is 53.6 Å². The van der Waals surface area contributed by atoms with Gasteiger partial charge in [0, 0.05) is 12.0 Å². The molecular formula is C15H20N3O2S+. The monoisotopic (exact) mass is 306 g/mol. The first-order valence-corrected chi connectivity index (χ1v) is 8.38. The summed E-state index contributed by atoms with van der Waals surface area (Å²) in [6.45, 7) is 2.92. The molecule has 6 heteroatoms. The second-order valence-corrected chi connectivity index (χ2v) is 6.44. The van der Waals surface area contributed by atoms with Crippen molar-refractivity contribution in [3.63, 3.8) is 0 Å². The van der Waals surface area contributed by atoms with Gasteiger partial charge in [-0.25, -0.2) is 18.5 Å². The lowest BCUT2D eigenvalue weighted by Gasteiger charge is -2.13. The molecule has 0 aliphatic carbocycles. The number of hydrogen-bond acceptors (Lipinski definition) is 3. The van der Waals surface area contributed by atoms with Gasteiger partial charge in [-0.1, -0.05) is 37.3 Å². The third kappa shape index (κ3) is 4.27. The predicted molar refractivity (Wildman–Crippen MR) is 82.3 cm³/mol. The second-order valence-electron chi connectivity index (χ2n) is 4.88. The number of nitrogens with two attached hydrogens (primary N) is 1. The van der Waals surface area contributed by atoms with E-state index >= 15 is 0 Å². The molecule has 0 spiro atoms. The van der Waals surface area contributed by atoms with Crippen LogP contribution in [0, 0.1) is 0 Å². The molecule has 1 aromatic carbocycles. The summed E-state index contributed by atoms with van der Waals surface area (Å²) in [5, 5.41) is 8.34. The van der Waals surface area contributed by atoms with Crippen molar-refractivity contribution in [2.24, 2.45) is 5.14 Å². The van der Waals surface area contributed by atoms with Crippen molar-refractivity contribution in [1.82, 2.24) is 0 Å². The summed E-state index contributed by atoms with van der Waals surface area (Å²) < 4.78 is 22.4. The minimum atomic E-state index is -3.66. The van der Waals surface area contributed by atoms with E-state index in [4.69, 9.17) is 5.14 Å². The Morgan fingerprint density at radius 2 is 1.90 bits per heavy atom. The molecule has 2 aromatic rings. The van der Waals surface area contributed by atoms with Crippen LogP contribution in [-0.4, -0.2) is 15.0 Å². The fourth-order valence-electron chi connectivity index (χ4n) is 2.15. The van der Waals surface area contributed by atoms with Crippen molar-refractivity contribution >= 4 is 15.8 Å². The van der Waals surface area contributed by atoms with Gasteiger partial charge in [-0.2, -0.15) is 0 Å².